The summed E-state index contributed by atoms with van der Waals surface area (Å²) >= 11 is 0. The lowest BCUT2D eigenvalue weighted by Crippen LogP contribution is -2.38. The Morgan fingerprint density at radius 2 is 2.27 bits per heavy atom. The lowest BCUT2D eigenvalue weighted by molar-refractivity contribution is -0.519. The summed E-state index contributed by atoms with van der Waals surface area (Å²) in [6.07, 6.45) is 0.893. The molecule has 1 aromatic rings. The molecule has 0 radical (unpaired) electrons. The molecular weight excluding hydrogens is 192 g/mol. The zero-order chi connectivity index (χ0) is 10.8. The molecule has 2 rings (SSSR count). The average Bonchev–Trinajstić information content (AvgIpc) is 2.58. The quantitative estimate of drug-likeness (QED) is 0.561. The van der Waals surface area contributed by atoms with Crippen LogP contribution < -0.4 is 4.90 Å². The molecular formula is C11H14N2O2. The molecule has 0 aromatic heterocycles. The highest BCUT2D eigenvalue weighted by Gasteiger charge is 2.36. The summed E-state index contributed by atoms with van der Waals surface area (Å²) in [6.45, 7) is 2.79. The third-order valence-electron chi connectivity index (χ3n) is 2.77. The number of rotatable bonds is 3. The summed E-state index contributed by atoms with van der Waals surface area (Å²) in [4.78, 5) is 12.6. The van der Waals surface area contributed by atoms with Crippen LogP contribution in [0, 0.1) is 10.1 Å². The third kappa shape index (κ3) is 1.67. The Labute approximate surface area is 88.7 Å². The molecule has 0 saturated carbocycles. The number of para-hydroxylation sites is 1. The fraction of sp³-hybridized carbons (Fsp3) is 0.455. The van der Waals surface area contributed by atoms with Crippen LogP contribution in [0.25, 0.3) is 0 Å². The van der Waals surface area contributed by atoms with Crippen LogP contribution in [0.1, 0.15) is 18.9 Å². The van der Waals surface area contributed by atoms with E-state index in [2.05, 4.69) is 0 Å². The SMILES string of the molecule is CCCN1c2ccccc2CC1[N+](=O)[O-]. The maximum absolute atomic E-state index is 10.9. The van der Waals surface area contributed by atoms with Crippen molar-refractivity contribution in [3.63, 3.8) is 0 Å². The Hall–Kier alpha value is -1.58. The number of nitro groups is 1. The Morgan fingerprint density at radius 1 is 1.53 bits per heavy atom. The number of anilines is 1. The van der Waals surface area contributed by atoms with Gasteiger partial charge in [0.25, 0.3) is 6.17 Å². The van der Waals surface area contributed by atoms with Gasteiger partial charge in [-0.15, -0.1) is 0 Å². The van der Waals surface area contributed by atoms with Gasteiger partial charge >= 0.3 is 0 Å². The first-order valence-electron chi connectivity index (χ1n) is 5.22. The van der Waals surface area contributed by atoms with E-state index in [4.69, 9.17) is 0 Å². The Bertz CT molecular complexity index is 379. The predicted molar refractivity (Wildman–Crippen MR) is 58.6 cm³/mol. The molecule has 0 amide bonds. The minimum Gasteiger partial charge on any atom is -0.310 e. The maximum Gasteiger partial charge on any atom is 0.291 e. The standard InChI is InChI=1S/C11H14N2O2/c1-2-7-12-10-6-4-3-5-9(10)8-11(12)13(14)15/h3-6,11H,2,7-8H2,1H3. The Balaban J connectivity index is 2.33. The molecule has 0 fully saturated rings. The highest BCUT2D eigenvalue weighted by Crippen LogP contribution is 2.31. The number of benzene rings is 1. The van der Waals surface area contributed by atoms with Crippen molar-refractivity contribution >= 4 is 5.69 Å². The summed E-state index contributed by atoms with van der Waals surface area (Å²) in [5, 5.41) is 10.9. The molecule has 1 unspecified atom stereocenters. The molecule has 15 heavy (non-hydrogen) atoms. The molecule has 4 nitrogen and oxygen atoms in total. The summed E-state index contributed by atoms with van der Waals surface area (Å²) in [6, 6.07) is 7.81. The van der Waals surface area contributed by atoms with Crippen LogP contribution in [0.15, 0.2) is 24.3 Å². The van der Waals surface area contributed by atoms with E-state index in [9.17, 15) is 10.1 Å². The molecule has 0 bridgehead atoms. The van der Waals surface area contributed by atoms with Gasteiger partial charge in [-0.05, 0) is 18.1 Å². The fourth-order valence-corrected chi connectivity index (χ4v) is 2.13. The van der Waals surface area contributed by atoms with E-state index >= 15 is 0 Å². The monoisotopic (exact) mass is 206 g/mol. The summed E-state index contributed by atoms with van der Waals surface area (Å²) in [7, 11) is 0. The normalized spacial score (nSPS) is 19.0. The second-order valence-electron chi connectivity index (χ2n) is 3.79. The van der Waals surface area contributed by atoms with Crippen LogP contribution in [-0.2, 0) is 6.42 Å². The van der Waals surface area contributed by atoms with E-state index in [-0.39, 0.29) is 4.92 Å². The van der Waals surface area contributed by atoms with E-state index in [1.165, 1.54) is 0 Å². The van der Waals surface area contributed by atoms with Crippen molar-refractivity contribution in [1.82, 2.24) is 0 Å². The Morgan fingerprint density at radius 3 is 2.93 bits per heavy atom. The first kappa shape index (κ1) is 9.96. The zero-order valence-electron chi connectivity index (χ0n) is 8.72. The molecule has 1 aliphatic rings. The molecule has 0 saturated heterocycles. The summed E-state index contributed by atoms with van der Waals surface area (Å²) in [5.74, 6) is 0. The first-order chi connectivity index (χ1) is 7.24. The second kappa shape index (κ2) is 3.88. The molecule has 0 aliphatic carbocycles. The third-order valence-corrected chi connectivity index (χ3v) is 2.77. The van der Waals surface area contributed by atoms with Crippen LogP contribution in [-0.4, -0.2) is 17.6 Å². The van der Waals surface area contributed by atoms with Crippen molar-refractivity contribution in [2.24, 2.45) is 0 Å². The fourth-order valence-electron chi connectivity index (χ4n) is 2.13. The number of fused-ring (bicyclic) bond motifs is 1. The molecule has 1 aromatic carbocycles. The lowest BCUT2D eigenvalue weighted by Gasteiger charge is -2.20. The van der Waals surface area contributed by atoms with Crippen LogP contribution >= 0.6 is 0 Å². The van der Waals surface area contributed by atoms with Gasteiger partial charge in [-0.1, -0.05) is 25.1 Å². The minimum absolute atomic E-state index is 0.185. The molecule has 1 heterocycles. The topological polar surface area (TPSA) is 46.4 Å². The van der Waals surface area contributed by atoms with Crippen molar-refractivity contribution in [3.8, 4) is 0 Å². The van der Waals surface area contributed by atoms with Gasteiger partial charge in [0, 0.05) is 17.2 Å². The predicted octanol–water partition coefficient (Wildman–Crippen LogP) is 2.06. The Kier molecular flexibility index (Phi) is 2.58. The lowest BCUT2D eigenvalue weighted by atomic mass is 10.1. The number of nitrogens with zero attached hydrogens (tertiary/aromatic N) is 2. The molecule has 0 N–H and O–H groups in total. The summed E-state index contributed by atoms with van der Waals surface area (Å²) in [5.41, 5.74) is 2.12. The summed E-state index contributed by atoms with van der Waals surface area (Å²) < 4.78 is 0. The van der Waals surface area contributed by atoms with Crippen LogP contribution in [0.4, 0.5) is 5.69 Å². The van der Waals surface area contributed by atoms with Gasteiger partial charge in [-0.3, -0.25) is 10.1 Å². The van der Waals surface area contributed by atoms with Crippen molar-refractivity contribution in [3.05, 3.63) is 39.9 Å². The second-order valence-corrected chi connectivity index (χ2v) is 3.79. The van der Waals surface area contributed by atoms with Gasteiger partial charge in [-0.25, -0.2) is 0 Å². The van der Waals surface area contributed by atoms with E-state index in [1.54, 1.807) is 0 Å². The van der Waals surface area contributed by atoms with Crippen LogP contribution in [0.2, 0.25) is 0 Å². The van der Waals surface area contributed by atoms with Gasteiger partial charge in [0.15, 0.2) is 0 Å². The molecule has 4 heteroatoms. The first-order valence-corrected chi connectivity index (χ1v) is 5.22. The highest BCUT2D eigenvalue weighted by atomic mass is 16.6. The minimum atomic E-state index is -0.567. The number of hydrogen-bond acceptors (Lipinski definition) is 3. The van der Waals surface area contributed by atoms with E-state index < -0.39 is 6.17 Å². The molecule has 1 atom stereocenters. The van der Waals surface area contributed by atoms with Crippen LogP contribution in [0.5, 0.6) is 0 Å². The smallest absolute Gasteiger partial charge is 0.291 e. The van der Waals surface area contributed by atoms with Crippen molar-refractivity contribution < 1.29 is 4.92 Å². The van der Waals surface area contributed by atoms with E-state index in [0.29, 0.717) is 6.42 Å². The highest BCUT2D eigenvalue weighted by molar-refractivity contribution is 5.58. The molecule has 0 spiro atoms. The van der Waals surface area contributed by atoms with Gasteiger partial charge < -0.3 is 4.90 Å². The van der Waals surface area contributed by atoms with Gasteiger partial charge in [0.1, 0.15) is 0 Å². The van der Waals surface area contributed by atoms with Crippen molar-refractivity contribution in [2.45, 2.75) is 25.9 Å². The average molecular weight is 206 g/mol. The van der Waals surface area contributed by atoms with Crippen LogP contribution in [0.3, 0.4) is 0 Å². The van der Waals surface area contributed by atoms with Crippen molar-refractivity contribution in [1.29, 1.82) is 0 Å². The van der Waals surface area contributed by atoms with E-state index in [0.717, 1.165) is 24.2 Å². The van der Waals surface area contributed by atoms with Gasteiger partial charge in [-0.2, -0.15) is 0 Å². The largest absolute Gasteiger partial charge is 0.310 e. The van der Waals surface area contributed by atoms with Gasteiger partial charge in [0.2, 0.25) is 0 Å². The number of hydrogen-bond donors (Lipinski definition) is 0. The molecule has 80 valence electrons. The molecule has 1 aliphatic heterocycles. The van der Waals surface area contributed by atoms with Crippen molar-refractivity contribution in [2.75, 3.05) is 11.4 Å². The zero-order valence-corrected chi connectivity index (χ0v) is 8.72. The van der Waals surface area contributed by atoms with Gasteiger partial charge in [0.05, 0.1) is 6.42 Å². The van der Waals surface area contributed by atoms with E-state index in [1.807, 2.05) is 36.1 Å². The maximum atomic E-state index is 10.9.